The lowest BCUT2D eigenvalue weighted by Gasteiger charge is -2.07. The van der Waals surface area contributed by atoms with Crippen LogP contribution in [0, 0.1) is 5.82 Å². The van der Waals surface area contributed by atoms with Gasteiger partial charge in [0, 0.05) is 10.5 Å². The van der Waals surface area contributed by atoms with Crippen LogP contribution in [0.25, 0.3) is 6.08 Å². The van der Waals surface area contributed by atoms with Gasteiger partial charge in [-0.25, -0.2) is 4.39 Å². The summed E-state index contributed by atoms with van der Waals surface area (Å²) in [4.78, 5) is 12.5. The van der Waals surface area contributed by atoms with Crippen molar-refractivity contribution in [2.24, 2.45) is 0 Å². The fourth-order valence-corrected chi connectivity index (χ4v) is 2.98. The van der Waals surface area contributed by atoms with Crippen molar-refractivity contribution >= 4 is 27.8 Å². The Morgan fingerprint density at radius 1 is 1.00 bits per heavy atom. The molecule has 0 fully saturated rings. The lowest BCUT2D eigenvalue weighted by Crippen LogP contribution is -1.98. The number of halogens is 2. The quantitative estimate of drug-likeness (QED) is 0.497. The van der Waals surface area contributed by atoms with Crippen molar-refractivity contribution in [2.75, 3.05) is 0 Å². The van der Waals surface area contributed by atoms with Gasteiger partial charge >= 0.3 is 0 Å². The van der Waals surface area contributed by atoms with Crippen LogP contribution in [0.15, 0.2) is 77.0 Å². The van der Waals surface area contributed by atoms with Crippen molar-refractivity contribution < 1.29 is 18.7 Å². The van der Waals surface area contributed by atoms with E-state index in [-0.39, 0.29) is 17.4 Å². The average molecular weight is 425 g/mol. The summed E-state index contributed by atoms with van der Waals surface area (Å²) < 4.78 is 25.4. The van der Waals surface area contributed by atoms with Gasteiger partial charge in [0.1, 0.15) is 23.9 Å². The summed E-state index contributed by atoms with van der Waals surface area (Å²) in [5.41, 5.74) is 2.24. The fraction of sp³-hybridized carbons (Fsp3) is 0.0455. The van der Waals surface area contributed by atoms with E-state index in [1.807, 2.05) is 24.3 Å². The zero-order chi connectivity index (χ0) is 18.8. The molecule has 1 aliphatic heterocycles. The van der Waals surface area contributed by atoms with Crippen LogP contribution in [0.3, 0.4) is 0 Å². The van der Waals surface area contributed by atoms with Crippen LogP contribution in [0.1, 0.15) is 21.5 Å². The first-order valence-corrected chi connectivity index (χ1v) is 9.09. The highest BCUT2D eigenvalue weighted by molar-refractivity contribution is 9.10. The molecule has 0 N–H and O–H groups in total. The first-order valence-electron chi connectivity index (χ1n) is 8.29. The second-order valence-corrected chi connectivity index (χ2v) is 6.98. The molecule has 0 amide bonds. The molecular formula is C22H14BrFO3. The van der Waals surface area contributed by atoms with Crippen LogP contribution >= 0.6 is 15.9 Å². The van der Waals surface area contributed by atoms with Crippen molar-refractivity contribution in [1.82, 2.24) is 0 Å². The van der Waals surface area contributed by atoms with Gasteiger partial charge in [-0.3, -0.25) is 4.79 Å². The van der Waals surface area contributed by atoms with Crippen molar-refractivity contribution in [1.29, 1.82) is 0 Å². The highest BCUT2D eigenvalue weighted by Crippen LogP contribution is 2.35. The maximum atomic E-state index is 13.0. The van der Waals surface area contributed by atoms with Gasteiger partial charge in [0.15, 0.2) is 5.76 Å². The summed E-state index contributed by atoms with van der Waals surface area (Å²) in [5, 5.41) is 0. The molecule has 0 aromatic heterocycles. The Morgan fingerprint density at radius 3 is 2.48 bits per heavy atom. The zero-order valence-electron chi connectivity index (χ0n) is 14.1. The third-order valence-electron chi connectivity index (χ3n) is 4.13. The van der Waals surface area contributed by atoms with E-state index in [0.717, 1.165) is 15.6 Å². The van der Waals surface area contributed by atoms with Gasteiger partial charge in [-0.15, -0.1) is 0 Å². The van der Waals surface area contributed by atoms with E-state index in [1.54, 1.807) is 36.4 Å². The minimum atomic E-state index is -0.284. The predicted molar refractivity (Wildman–Crippen MR) is 104 cm³/mol. The van der Waals surface area contributed by atoms with Gasteiger partial charge < -0.3 is 9.47 Å². The summed E-state index contributed by atoms with van der Waals surface area (Å²) in [5.74, 6) is 0.894. The number of Topliss-reactive ketones (excluding diaryl/α,β-unsaturated/α-hetero) is 1. The number of ketones is 1. The van der Waals surface area contributed by atoms with E-state index in [1.165, 1.54) is 12.1 Å². The molecule has 5 heteroatoms. The van der Waals surface area contributed by atoms with Crippen LogP contribution in [0.4, 0.5) is 4.39 Å². The Labute approximate surface area is 164 Å². The Bertz CT molecular complexity index is 1020. The summed E-state index contributed by atoms with van der Waals surface area (Å²) in [6, 6.07) is 18.8. The molecule has 3 aromatic rings. The third-order valence-corrected chi connectivity index (χ3v) is 4.66. The Balaban J connectivity index is 1.50. The second kappa shape index (κ2) is 7.37. The molecule has 0 radical (unpaired) electrons. The van der Waals surface area contributed by atoms with Gasteiger partial charge in [0.25, 0.3) is 0 Å². The van der Waals surface area contributed by atoms with E-state index in [0.29, 0.717) is 23.7 Å². The Hall–Kier alpha value is -2.92. The molecule has 1 heterocycles. The average Bonchev–Trinajstić information content (AvgIpc) is 2.98. The fourth-order valence-electron chi connectivity index (χ4n) is 2.71. The molecule has 0 aliphatic carbocycles. The minimum absolute atomic E-state index is 0.155. The number of fused-ring (bicyclic) bond motifs is 1. The van der Waals surface area contributed by atoms with E-state index in [9.17, 15) is 9.18 Å². The van der Waals surface area contributed by atoms with Crippen molar-refractivity contribution in [3.8, 4) is 11.5 Å². The van der Waals surface area contributed by atoms with Crippen LogP contribution in [0.5, 0.6) is 11.5 Å². The highest BCUT2D eigenvalue weighted by atomic mass is 79.9. The number of allylic oxidation sites excluding steroid dienone is 1. The van der Waals surface area contributed by atoms with Crippen LogP contribution in [-0.2, 0) is 6.61 Å². The van der Waals surface area contributed by atoms with Crippen molar-refractivity contribution in [2.45, 2.75) is 6.61 Å². The van der Waals surface area contributed by atoms with Gasteiger partial charge in [-0.1, -0.05) is 40.2 Å². The number of carbonyl (C=O) groups is 1. The normalized spacial score (nSPS) is 14.1. The minimum Gasteiger partial charge on any atom is -0.489 e. The van der Waals surface area contributed by atoms with Gasteiger partial charge in [-0.2, -0.15) is 0 Å². The molecule has 3 aromatic carbocycles. The lowest BCUT2D eigenvalue weighted by molar-refractivity contribution is 0.101. The van der Waals surface area contributed by atoms with E-state index >= 15 is 0 Å². The highest BCUT2D eigenvalue weighted by Gasteiger charge is 2.27. The molecule has 4 rings (SSSR count). The SMILES string of the molecule is O=C1C(=Cc2ccc(Br)cc2)Oc2cc(OCc3ccc(F)cc3)ccc21. The number of carbonyl (C=O) groups excluding carboxylic acids is 1. The molecule has 27 heavy (non-hydrogen) atoms. The van der Waals surface area contributed by atoms with E-state index in [2.05, 4.69) is 15.9 Å². The number of ether oxygens (including phenoxy) is 2. The molecule has 134 valence electrons. The molecule has 0 spiro atoms. The summed E-state index contributed by atoms with van der Waals surface area (Å²) in [6.45, 7) is 0.300. The van der Waals surface area contributed by atoms with Crippen molar-refractivity contribution in [3.63, 3.8) is 0 Å². The van der Waals surface area contributed by atoms with Crippen LogP contribution in [0.2, 0.25) is 0 Å². The zero-order valence-corrected chi connectivity index (χ0v) is 15.7. The van der Waals surface area contributed by atoms with Gasteiger partial charge in [0.05, 0.1) is 5.56 Å². The maximum Gasteiger partial charge on any atom is 0.231 e. The first-order chi connectivity index (χ1) is 13.1. The van der Waals surface area contributed by atoms with Crippen molar-refractivity contribution in [3.05, 3.63) is 99.5 Å². The van der Waals surface area contributed by atoms with Crippen LogP contribution in [-0.4, -0.2) is 5.78 Å². The predicted octanol–water partition coefficient (Wildman–Crippen LogP) is 5.78. The molecular weight excluding hydrogens is 411 g/mol. The summed E-state index contributed by atoms with van der Waals surface area (Å²) in [6.07, 6.45) is 1.72. The molecule has 0 saturated heterocycles. The number of rotatable bonds is 4. The number of hydrogen-bond donors (Lipinski definition) is 0. The molecule has 0 bridgehead atoms. The third kappa shape index (κ3) is 3.93. The maximum absolute atomic E-state index is 13.0. The molecule has 0 unspecified atom stereocenters. The molecule has 0 atom stereocenters. The topological polar surface area (TPSA) is 35.5 Å². The van der Waals surface area contributed by atoms with E-state index in [4.69, 9.17) is 9.47 Å². The Kier molecular flexibility index (Phi) is 4.77. The van der Waals surface area contributed by atoms with Gasteiger partial charge in [0.2, 0.25) is 5.78 Å². The number of benzene rings is 3. The smallest absolute Gasteiger partial charge is 0.231 e. The molecule has 1 aliphatic rings. The van der Waals surface area contributed by atoms with Gasteiger partial charge in [-0.05, 0) is 53.6 Å². The standard InChI is InChI=1S/C22H14BrFO3/c23-16-5-1-14(2-6-16)11-21-22(25)19-10-9-18(12-20(19)27-21)26-13-15-3-7-17(24)8-4-15/h1-12H,13H2. The first kappa shape index (κ1) is 17.5. The number of hydrogen-bond acceptors (Lipinski definition) is 3. The molecule has 0 saturated carbocycles. The summed E-state index contributed by atoms with van der Waals surface area (Å²) in [7, 11) is 0. The molecule has 3 nitrogen and oxygen atoms in total. The van der Waals surface area contributed by atoms with E-state index < -0.39 is 0 Å². The Morgan fingerprint density at radius 2 is 1.74 bits per heavy atom. The largest absolute Gasteiger partial charge is 0.489 e. The monoisotopic (exact) mass is 424 g/mol. The second-order valence-electron chi connectivity index (χ2n) is 6.06. The summed E-state index contributed by atoms with van der Waals surface area (Å²) >= 11 is 3.38. The lowest BCUT2D eigenvalue weighted by atomic mass is 10.1. The van der Waals surface area contributed by atoms with Crippen LogP contribution < -0.4 is 9.47 Å².